The second-order valence-electron chi connectivity index (χ2n) is 7.56. The lowest BCUT2D eigenvalue weighted by Gasteiger charge is -2.38. The quantitative estimate of drug-likeness (QED) is 0.245. The van der Waals surface area contributed by atoms with Gasteiger partial charge in [0.15, 0.2) is 5.96 Å². The van der Waals surface area contributed by atoms with Crippen LogP contribution in [0.4, 0.5) is 0 Å². The van der Waals surface area contributed by atoms with Crippen molar-refractivity contribution >= 4 is 29.9 Å². The number of piperazine rings is 1. The predicted octanol–water partition coefficient (Wildman–Crippen LogP) is 1.52. The number of aliphatic imine (C=N–C) groups is 1. The SMILES string of the molecule is CN=C(NCCCN(C(C)C)C(C)C)NCC1CN(C)CCN1C.I. The maximum Gasteiger partial charge on any atom is 0.191 e. The van der Waals surface area contributed by atoms with E-state index in [1.54, 1.807) is 0 Å². The zero-order chi connectivity index (χ0) is 18.1. The smallest absolute Gasteiger partial charge is 0.191 e. The third-order valence-electron chi connectivity index (χ3n) is 4.92. The molecule has 0 spiro atoms. The van der Waals surface area contributed by atoms with E-state index in [9.17, 15) is 0 Å². The Kier molecular flexibility index (Phi) is 13.0. The van der Waals surface area contributed by atoms with Crippen molar-refractivity contribution in [2.24, 2.45) is 4.99 Å². The first-order valence-electron chi connectivity index (χ1n) is 9.44. The lowest BCUT2D eigenvalue weighted by Crippen LogP contribution is -2.55. The summed E-state index contributed by atoms with van der Waals surface area (Å²) in [5, 5.41) is 6.93. The molecule has 0 aromatic carbocycles. The van der Waals surface area contributed by atoms with Gasteiger partial charge in [0.2, 0.25) is 0 Å². The van der Waals surface area contributed by atoms with Gasteiger partial charge < -0.3 is 15.5 Å². The monoisotopic (exact) mass is 468 g/mol. The topological polar surface area (TPSA) is 46.1 Å². The molecule has 1 saturated heterocycles. The fourth-order valence-electron chi connectivity index (χ4n) is 3.34. The van der Waals surface area contributed by atoms with Crippen molar-refractivity contribution in [1.29, 1.82) is 0 Å². The van der Waals surface area contributed by atoms with Crippen LogP contribution >= 0.6 is 24.0 Å². The van der Waals surface area contributed by atoms with Crippen LogP contribution in [0.1, 0.15) is 34.1 Å². The molecule has 25 heavy (non-hydrogen) atoms. The maximum atomic E-state index is 4.35. The van der Waals surface area contributed by atoms with E-state index in [0.717, 1.165) is 51.6 Å². The second-order valence-corrected chi connectivity index (χ2v) is 7.56. The lowest BCUT2D eigenvalue weighted by atomic mass is 10.2. The molecule has 1 aliphatic rings. The van der Waals surface area contributed by atoms with E-state index < -0.39 is 0 Å². The number of rotatable bonds is 8. The summed E-state index contributed by atoms with van der Waals surface area (Å²) in [6.07, 6.45) is 1.13. The molecule has 0 radical (unpaired) electrons. The molecule has 1 atom stereocenters. The Bertz CT molecular complexity index is 367. The average molecular weight is 468 g/mol. The van der Waals surface area contributed by atoms with E-state index >= 15 is 0 Å². The summed E-state index contributed by atoms with van der Waals surface area (Å²) >= 11 is 0. The Morgan fingerprint density at radius 2 is 1.76 bits per heavy atom. The minimum absolute atomic E-state index is 0. The van der Waals surface area contributed by atoms with Gasteiger partial charge in [-0.2, -0.15) is 0 Å². The number of likely N-dealkylation sites (N-methyl/N-ethyl adjacent to an activating group) is 2. The molecule has 0 amide bonds. The van der Waals surface area contributed by atoms with Crippen molar-refractivity contribution in [1.82, 2.24) is 25.3 Å². The Hall–Kier alpha value is -0.120. The predicted molar refractivity (Wildman–Crippen MR) is 120 cm³/mol. The van der Waals surface area contributed by atoms with Crippen LogP contribution in [-0.2, 0) is 0 Å². The van der Waals surface area contributed by atoms with Gasteiger partial charge in [-0.25, -0.2) is 0 Å². The number of guanidine groups is 1. The van der Waals surface area contributed by atoms with Crippen LogP contribution in [0.2, 0.25) is 0 Å². The normalized spacial score (nSPS) is 20.2. The summed E-state index contributed by atoms with van der Waals surface area (Å²) in [6.45, 7) is 15.5. The Morgan fingerprint density at radius 3 is 2.32 bits per heavy atom. The van der Waals surface area contributed by atoms with Gasteiger partial charge in [0.25, 0.3) is 0 Å². The third-order valence-corrected chi connectivity index (χ3v) is 4.92. The van der Waals surface area contributed by atoms with E-state index in [2.05, 4.69) is 72.1 Å². The molecule has 1 fully saturated rings. The molecule has 7 heteroatoms. The van der Waals surface area contributed by atoms with Crippen molar-refractivity contribution in [2.75, 3.05) is 60.4 Å². The van der Waals surface area contributed by atoms with Gasteiger partial charge in [0.1, 0.15) is 0 Å². The van der Waals surface area contributed by atoms with Crippen LogP contribution in [0.5, 0.6) is 0 Å². The highest BCUT2D eigenvalue weighted by Crippen LogP contribution is 2.06. The first-order chi connectivity index (χ1) is 11.3. The summed E-state index contributed by atoms with van der Waals surface area (Å²) in [7, 11) is 6.25. The number of hydrogen-bond acceptors (Lipinski definition) is 4. The highest BCUT2D eigenvalue weighted by Gasteiger charge is 2.22. The van der Waals surface area contributed by atoms with Crippen molar-refractivity contribution in [2.45, 2.75) is 52.2 Å². The Morgan fingerprint density at radius 1 is 1.12 bits per heavy atom. The Balaban J connectivity index is 0.00000576. The van der Waals surface area contributed by atoms with E-state index in [-0.39, 0.29) is 24.0 Å². The van der Waals surface area contributed by atoms with Crippen LogP contribution < -0.4 is 10.6 Å². The average Bonchev–Trinajstić information content (AvgIpc) is 2.52. The number of nitrogens with zero attached hydrogens (tertiary/aromatic N) is 4. The molecular weight excluding hydrogens is 427 g/mol. The Labute approximate surface area is 172 Å². The molecule has 1 unspecified atom stereocenters. The number of nitrogens with one attached hydrogen (secondary N) is 2. The van der Waals surface area contributed by atoms with Gasteiger partial charge in [-0.1, -0.05) is 0 Å². The summed E-state index contributed by atoms with van der Waals surface area (Å²) in [5.41, 5.74) is 0. The molecule has 0 saturated carbocycles. The fourth-order valence-corrected chi connectivity index (χ4v) is 3.34. The summed E-state index contributed by atoms with van der Waals surface area (Å²) in [5.74, 6) is 0.914. The molecule has 1 heterocycles. The first kappa shape index (κ1) is 24.9. The second kappa shape index (κ2) is 13.1. The number of halogens is 1. The minimum atomic E-state index is 0. The van der Waals surface area contributed by atoms with Crippen LogP contribution in [0.25, 0.3) is 0 Å². The third kappa shape index (κ3) is 9.40. The molecule has 1 rings (SSSR count). The van der Waals surface area contributed by atoms with E-state index in [1.165, 1.54) is 0 Å². The highest BCUT2D eigenvalue weighted by atomic mass is 127. The first-order valence-corrected chi connectivity index (χ1v) is 9.44. The van der Waals surface area contributed by atoms with E-state index in [4.69, 9.17) is 0 Å². The van der Waals surface area contributed by atoms with Crippen LogP contribution in [0.3, 0.4) is 0 Å². The molecule has 0 bridgehead atoms. The van der Waals surface area contributed by atoms with Crippen LogP contribution in [-0.4, -0.2) is 99.2 Å². The van der Waals surface area contributed by atoms with Crippen molar-refractivity contribution < 1.29 is 0 Å². The highest BCUT2D eigenvalue weighted by molar-refractivity contribution is 14.0. The minimum Gasteiger partial charge on any atom is -0.356 e. The van der Waals surface area contributed by atoms with Crippen LogP contribution in [0.15, 0.2) is 4.99 Å². The standard InChI is InChI=1S/C18H40N6.HI/c1-15(2)24(16(3)4)10-8-9-20-18(19-5)21-13-17-14-22(6)11-12-23(17)7;/h15-17H,8-14H2,1-7H3,(H2,19,20,21);1H. The van der Waals surface area contributed by atoms with Gasteiger partial charge in [-0.3, -0.25) is 14.8 Å². The molecule has 150 valence electrons. The molecule has 0 aliphatic carbocycles. The van der Waals surface area contributed by atoms with Gasteiger partial charge in [0, 0.05) is 64.4 Å². The molecule has 1 aliphatic heterocycles. The van der Waals surface area contributed by atoms with Crippen LogP contribution in [0, 0.1) is 0 Å². The zero-order valence-corrected chi connectivity index (χ0v) is 19.7. The van der Waals surface area contributed by atoms with Gasteiger partial charge in [-0.05, 0) is 48.2 Å². The molecule has 2 N–H and O–H groups in total. The fraction of sp³-hybridized carbons (Fsp3) is 0.944. The number of hydrogen-bond donors (Lipinski definition) is 2. The summed E-state index contributed by atoms with van der Waals surface area (Å²) in [6, 6.07) is 1.74. The molecule has 0 aromatic heterocycles. The lowest BCUT2D eigenvalue weighted by molar-refractivity contribution is 0.116. The van der Waals surface area contributed by atoms with Gasteiger partial charge >= 0.3 is 0 Å². The van der Waals surface area contributed by atoms with Gasteiger partial charge in [-0.15, -0.1) is 24.0 Å². The van der Waals surface area contributed by atoms with Crippen molar-refractivity contribution in [3.63, 3.8) is 0 Å². The maximum absolute atomic E-state index is 4.35. The van der Waals surface area contributed by atoms with E-state index in [0.29, 0.717) is 18.1 Å². The largest absolute Gasteiger partial charge is 0.356 e. The summed E-state index contributed by atoms with van der Waals surface area (Å²) in [4.78, 5) is 11.7. The van der Waals surface area contributed by atoms with Crippen molar-refractivity contribution in [3.8, 4) is 0 Å². The summed E-state index contributed by atoms with van der Waals surface area (Å²) < 4.78 is 0. The molecule has 6 nitrogen and oxygen atoms in total. The van der Waals surface area contributed by atoms with Crippen molar-refractivity contribution in [3.05, 3.63) is 0 Å². The van der Waals surface area contributed by atoms with E-state index in [1.807, 2.05) is 7.05 Å². The molecule has 0 aromatic rings. The zero-order valence-electron chi connectivity index (χ0n) is 17.4. The van der Waals surface area contributed by atoms with Gasteiger partial charge in [0.05, 0.1) is 0 Å². The molecular formula is C18H41IN6.